The van der Waals surface area contributed by atoms with Crippen LogP contribution in [0.15, 0.2) is 45.2 Å². The summed E-state index contributed by atoms with van der Waals surface area (Å²) in [4.78, 5) is 10.1. The van der Waals surface area contributed by atoms with Gasteiger partial charge in [-0.15, -0.1) is 0 Å². The Morgan fingerprint density at radius 1 is 0.857 bits per heavy atom. The highest BCUT2D eigenvalue weighted by Crippen LogP contribution is 2.27. The Bertz CT molecular complexity index is 1250. The van der Waals surface area contributed by atoms with Gasteiger partial charge in [-0.05, 0) is 80.2 Å². The Morgan fingerprint density at radius 3 is 2.11 bits per heavy atom. The topological polar surface area (TPSA) is 67.3 Å². The van der Waals surface area contributed by atoms with Gasteiger partial charge in [-0.3, -0.25) is 0 Å². The number of alkyl halides is 2. The molecule has 4 heterocycles. The first kappa shape index (κ1) is 25.9. The summed E-state index contributed by atoms with van der Waals surface area (Å²) in [6.07, 6.45) is 1.85. The maximum absolute atomic E-state index is 13.3. The van der Waals surface area contributed by atoms with E-state index in [2.05, 4.69) is 15.3 Å². The molecule has 1 N–H and O–H groups in total. The van der Waals surface area contributed by atoms with Crippen LogP contribution in [-0.2, 0) is 0 Å². The molecular weight excluding hydrogens is 521 g/mol. The second kappa shape index (κ2) is 12.2. The first-order valence-electron chi connectivity index (χ1n) is 11.4. The van der Waals surface area contributed by atoms with E-state index in [1.54, 1.807) is 36.4 Å². The van der Waals surface area contributed by atoms with Gasteiger partial charge in [-0.1, -0.05) is 23.2 Å². The van der Waals surface area contributed by atoms with Crippen molar-refractivity contribution in [2.45, 2.75) is 38.0 Å². The molecule has 2 atom stereocenters. The highest BCUT2D eigenvalue weighted by Gasteiger charge is 2.23. The van der Waals surface area contributed by atoms with Crippen LogP contribution in [0.1, 0.15) is 25.7 Å². The Kier molecular flexibility index (Phi) is 9.05. The van der Waals surface area contributed by atoms with Crippen molar-refractivity contribution >= 4 is 63.0 Å². The van der Waals surface area contributed by atoms with E-state index in [-0.39, 0.29) is 5.35 Å². The minimum atomic E-state index is -0.789. The van der Waals surface area contributed by atoms with Crippen molar-refractivity contribution in [3.05, 3.63) is 51.8 Å². The van der Waals surface area contributed by atoms with E-state index < -0.39 is 12.3 Å². The zero-order chi connectivity index (χ0) is 24.8. The average Bonchev–Trinajstić information content (AvgIpc) is 3.42. The Morgan fingerprint density at radius 2 is 1.51 bits per heavy atom. The largest absolute Gasteiger partial charge is 0.428 e. The Hall–Kier alpha value is -2.13. The monoisotopic (exact) mass is 544 g/mol. The van der Waals surface area contributed by atoms with Crippen LogP contribution in [0.4, 0.5) is 14.8 Å². The fourth-order valence-corrected chi connectivity index (χ4v) is 4.31. The first-order valence-corrected chi connectivity index (χ1v) is 12.5. The van der Waals surface area contributed by atoms with Gasteiger partial charge in [0.25, 0.3) is 11.4 Å². The quantitative estimate of drug-likeness (QED) is 0.271. The van der Waals surface area contributed by atoms with Crippen molar-refractivity contribution in [2.75, 3.05) is 31.1 Å². The molecule has 0 unspecified atom stereocenters. The predicted octanol–water partition coefficient (Wildman–Crippen LogP) is 7.26. The molecule has 6 nitrogen and oxygen atoms in total. The molecule has 0 saturated carbocycles. The number of hydrogen-bond donors (Lipinski definition) is 1. The van der Waals surface area contributed by atoms with Crippen molar-refractivity contribution in [1.82, 2.24) is 15.3 Å². The molecule has 0 amide bonds. The Labute approximate surface area is 216 Å². The molecule has 2 saturated heterocycles. The minimum Gasteiger partial charge on any atom is -0.428 e. The lowest BCUT2D eigenvalue weighted by Gasteiger charge is -2.27. The molecule has 188 valence electrons. The summed E-state index contributed by atoms with van der Waals surface area (Å²) in [5.74, 6) is 0. The van der Waals surface area contributed by atoms with Gasteiger partial charge in [0, 0.05) is 23.1 Å². The van der Waals surface area contributed by atoms with Gasteiger partial charge >= 0.3 is 0 Å². The molecule has 2 fully saturated rings. The van der Waals surface area contributed by atoms with Crippen LogP contribution in [0, 0.1) is 0 Å². The molecule has 0 aliphatic carbocycles. The second-order valence-corrected chi connectivity index (χ2v) is 9.51. The van der Waals surface area contributed by atoms with Crippen LogP contribution >= 0.6 is 34.8 Å². The second-order valence-electron chi connectivity index (χ2n) is 8.32. The SMILES string of the molecule is Clc1ccc2oc(Cl)nc2c1.F[C@@H]1CCCN(c2nc3cc(Cl)ccc3o2)C1.F[C@@H]1CCCNC1. The smallest absolute Gasteiger partial charge is 0.298 e. The van der Waals surface area contributed by atoms with Gasteiger partial charge in [0.1, 0.15) is 23.4 Å². The number of rotatable bonds is 1. The van der Waals surface area contributed by atoms with Gasteiger partial charge < -0.3 is 19.1 Å². The zero-order valence-corrected chi connectivity index (χ0v) is 21.1. The number of benzene rings is 2. The van der Waals surface area contributed by atoms with Gasteiger partial charge in [-0.2, -0.15) is 9.97 Å². The van der Waals surface area contributed by atoms with Gasteiger partial charge in [0.05, 0.1) is 6.54 Å². The molecule has 35 heavy (non-hydrogen) atoms. The number of oxazole rings is 2. The van der Waals surface area contributed by atoms with E-state index in [1.807, 2.05) is 4.90 Å². The van der Waals surface area contributed by atoms with E-state index in [9.17, 15) is 8.78 Å². The fraction of sp³-hybridized carbons (Fsp3) is 0.417. The van der Waals surface area contributed by atoms with Crippen molar-refractivity contribution < 1.29 is 17.6 Å². The summed E-state index contributed by atoms with van der Waals surface area (Å²) < 4.78 is 36.0. The summed E-state index contributed by atoms with van der Waals surface area (Å²) >= 11 is 17.1. The van der Waals surface area contributed by atoms with Gasteiger partial charge in [0.15, 0.2) is 11.2 Å². The first-order chi connectivity index (χ1) is 16.9. The molecule has 2 aromatic carbocycles. The molecule has 0 radical (unpaired) electrons. The number of nitrogens with zero attached hydrogens (tertiary/aromatic N) is 3. The van der Waals surface area contributed by atoms with Crippen LogP contribution in [0.5, 0.6) is 0 Å². The average molecular weight is 546 g/mol. The van der Waals surface area contributed by atoms with Crippen LogP contribution in [0.2, 0.25) is 15.4 Å². The summed E-state index contributed by atoms with van der Waals surface area (Å²) in [7, 11) is 0. The molecule has 2 aromatic heterocycles. The zero-order valence-electron chi connectivity index (χ0n) is 18.8. The van der Waals surface area contributed by atoms with E-state index in [1.165, 1.54) is 0 Å². The maximum atomic E-state index is 13.3. The van der Waals surface area contributed by atoms with E-state index >= 15 is 0 Å². The third-order valence-corrected chi connectivity index (χ3v) is 6.16. The normalized spacial score (nSPS) is 20.2. The number of halogens is 5. The van der Waals surface area contributed by atoms with Crippen LogP contribution < -0.4 is 10.2 Å². The summed E-state index contributed by atoms with van der Waals surface area (Å²) in [5.41, 5.74) is 2.74. The fourth-order valence-electron chi connectivity index (χ4n) is 3.80. The summed E-state index contributed by atoms with van der Waals surface area (Å²) in [6.45, 7) is 2.72. The maximum Gasteiger partial charge on any atom is 0.298 e. The molecule has 11 heteroatoms. The van der Waals surface area contributed by atoms with Crippen LogP contribution in [0.25, 0.3) is 22.2 Å². The highest BCUT2D eigenvalue weighted by atomic mass is 35.5. The van der Waals surface area contributed by atoms with E-state index in [0.717, 1.165) is 32.4 Å². The van der Waals surface area contributed by atoms with Crippen LogP contribution in [-0.4, -0.2) is 48.5 Å². The molecule has 0 spiro atoms. The number of nitrogens with one attached hydrogen (secondary N) is 1. The highest BCUT2D eigenvalue weighted by molar-refractivity contribution is 6.31. The van der Waals surface area contributed by atoms with E-state index in [4.69, 9.17) is 43.6 Å². The Balaban J connectivity index is 0.000000137. The predicted molar refractivity (Wildman–Crippen MR) is 136 cm³/mol. The molecular formula is C24H25Cl3F2N4O2. The number of piperidine rings is 2. The molecule has 2 aliphatic rings. The lowest BCUT2D eigenvalue weighted by Crippen LogP contribution is -2.36. The van der Waals surface area contributed by atoms with Crippen molar-refractivity contribution in [1.29, 1.82) is 0 Å². The van der Waals surface area contributed by atoms with Crippen LogP contribution in [0.3, 0.4) is 0 Å². The summed E-state index contributed by atoms with van der Waals surface area (Å²) in [6, 6.07) is 10.9. The van der Waals surface area contributed by atoms with Crippen molar-refractivity contribution in [3.63, 3.8) is 0 Å². The summed E-state index contributed by atoms with van der Waals surface area (Å²) in [5, 5.41) is 4.35. The number of anilines is 1. The number of hydrogen-bond acceptors (Lipinski definition) is 6. The number of aromatic nitrogens is 2. The van der Waals surface area contributed by atoms with E-state index in [0.29, 0.717) is 57.8 Å². The third-order valence-electron chi connectivity index (χ3n) is 5.53. The van der Waals surface area contributed by atoms with Crippen molar-refractivity contribution in [2.24, 2.45) is 0 Å². The standard InChI is InChI=1S/C12H12ClFN2O.C7H3Cl2NO.C5H10FN/c13-8-3-4-11-10(6-8)15-12(17-11)16-5-1-2-9(14)7-16;8-4-1-2-6-5(3-4)10-7(9)11-6;6-5-2-1-3-7-4-5/h3-4,6,9H,1-2,5,7H2;1-3H;5,7H,1-4H2/t9-;;5-/m1.1/s1. The third kappa shape index (κ3) is 7.43. The lowest BCUT2D eigenvalue weighted by molar-refractivity contribution is 0.266. The van der Waals surface area contributed by atoms with Gasteiger partial charge in [-0.25, -0.2) is 8.78 Å². The lowest BCUT2D eigenvalue weighted by atomic mass is 10.1. The molecule has 6 rings (SSSR count). The van der Waals surface area contributed by atoms with Crippen molar-refractivity contribution in [3.8, 4) is 0 Å². The molecule has 0 bridgehead atoms. The minimum absolute atomic E-state index is 0.141. The number of fused-ring (bicyclic) bond motifs is 2. The molecule has 4 aromatic rings. The molecule has 2 aliphatic heterocycles. The van der Waals surface area contributed by atoms with Gasteiger partial charge in [0.2, 0.25) is 0 Å².